The summed E-state index contributed by atoms with van der Waals surface area (Å²) >= 11 is 0. The van der Waals surface area contributed by atoms with Crippen LogP contribution in [0.1, 0.15) is 30.8 Å². The van der Waals surface area contributed by atoms with E-state index in [1.54, 1.807) is 0 Å². The Morgan fingerprint density at radius 2 is 1.60 bits per heavy atom. The maximum atomic E-state index is 3.52. The molecule has 0 aliphatic heterocycles. The van der Waals surface area contributed by atoms with Crippen LogP contribution in [0.3, 0.4) is 0 Å². The van der Waals surface area contributed by atoms with Crippen LogP contribution in [0.5, 0.6) is 0 Å². The molecule has 0 spiro atoms. The summed E-state index contributed by atoms with van der Waals surface area (Å²) < 4.78 is 0. The monoisotopic (exact) mass is 286 g/mol. The highest BCUT2D eigenvalue weighted by molar-refractivity contribution is 7.17. The van der Waals surface area contributed by atoms with E-state index in [0.717, 1.165) is 6.54 Å². The molecule has 3 heteroatoms. The quantitative estimate of drug-likeness (QED) is 0.779. The van der Waals surface area contributed by atoms with E-state index in [9.17, 15) is 0 Å². The van der Waals surface area contributed by atoms with Crippen LogP contribution in [-0.2, 0) is 6.54 Å². The minimum Gasteiger partial charge on any atom is -0.383 e. The van der Waals surface area contributed by atoms with Crippen molar-refractivity contribution in [2.75, 3.05) is 5.32 Å². The summed E-state index contributed by atoms with van der Waals surface area (Å²) in [5.41, 5.74) is 3.75. The van der Waals surface area contributed by atoms with Crippen LogP contribution in [0, 0.1) is 0 Å². The van der Waals surface area contributed by atoms with Crippen molar-refractivity contribution in [1.29, 1.82) is 0 Å². The van der Waals surface area contributed by atoms with Gasteiger partial charge in [0.25, 0.3) is 0 Å². The van der Waals surface area contributed by atoms with E-state index in [4.69, 9.17) is 0 Å². The first-order valence-corrected chi connectivity index (χ1v) is 7.71. The van der Waals surface area contributed by atoms with Crippen LogP contribution in [0.25, 0.3) is 0 Å². The lowest BCUT2D eigenvalue weighted by Gasteiger charge is -2.16. The molecule has 2 N–H and O–H groups in total. The topological polar surface area (TPSA) is 24.1 Å². The van der Waals surface area contributed by atoms with Crippen LogP contribution in [0.4, 0.5) is 5.69 Å². The Hall–Kier alpha value is -1.37. The molecule has 0 aliphatic rings. The van der Waals surface area contributed by atoms with Crippen molar-refractivity contribution in [1.82, 2.24) is 5.32 Å². The normalized spacial score (nSPS) is 12.4. The molecule has 0 fully saturated rings. The zero-order valence-corrected chi connectivity index (χ0v) is 13.3. The van der Waals surface area contributed by atoms with E-state index < -0.39 is 0 Å². The first-order valence-electron chi connectivity index (χ1n) is 7.04. The molecule has 2 aromatic carbocycles. The fraction of sp³-hybridized carbons (Fsp3) is 0.294. The molecule has 2 rings (SSSR count). The fourth-order valence-electron chi connectivity index (χ4n) is 2.06. The van der Waals surface area contributed by atoms with E-state index in [1.165, 1.54) is 16.8 Å². The molecule has 20 heavy (non-hydrogen) atoms. The molecule has 0 aromatic heterocycles. The van der Waals surface area contributed by atoms with Crippen LogP contribution in [0.2, 0.25) is 0 Å². The summed E-state index contributed by atoms with van der Waals surface area (Å²) in [5, 5.41) is 6.92. The highest BCUT2D eigenvalue weighted by Gasteiger charge is 2.05. The maximum Gasteiger partial charge on any atom is 0.0466 e. The van der Waals surface area contributed by atoms with Crippen molar-refractivity contribution in [3.63, 3.8) is 0 Å². The van der Waals surface area contributed by atoms with Gasteiger partial charge < -0.3 is 10.6 Å². The second-order valence-electron chi connectivity index (χ2n) is 5.27. The Balaban J connectivity index is 1.90. The molecule has 2 atom stereocenters. The van der Waals surface area contributed by atoms with Gasteiger partial charge in [0, 0.05) is 24.1 Å². The summed E-state index contributed by atoms with van der Waals surface area (Å²) in [6.07, 6.45) is 0. The molecule has 0 aliphatic carbocycles. The summed E-state index contributed by atoms with van der Waals surface area (Å²) in [6.45, 7) is 5.17. The Labute approximate surface area is 124 Å². The zero-order valence-electron chi connectivity index (χ0n) is 12.1. The van der Waals surface area contributed by atoms with Gasteiger partial charge >= 0.3 is 0 Å². The van der Waals surface area contributed by atoms with Gasteiger partial charge in [-0.15, -0.1) is 9.24 Å². The van der Waals surface area contributed by atoms with Crippen molar-refractivity contribution < 1.29 is 0 Å². The Bertz CT molecular complexity index is 508. The van der Waals surface area contributed by atoms with Crippen LogP contribution in [-0.4, -0.2) is 6.04 Å². The lowest BCUT2D eigenvalue weighted by Crippen LogP contribution is -2.16. The molecule has 2 nitrogen and oxygen atoms in total. The zero-order chi connectivity index (χ0) is 14.4. The smallest absolute Gasteiger partial charge is 0.0466 e. The first kappa shape index (κ1) is 15.0. The molecule has 106 valence electrons. The largest absolute Gasteiger partial charge is 0.383 e. The van der Waals surface area contributed by atoms with E-state index in [2.05, 4.69) is 82.3 Å². The number of nitrogens with one attached hydrogen (secondary N) is 2. The third kappa shape index (κ3) is 4.63. The third-order valence-electron chi connectivity index (χ3n) is 3.09. The predicted octanol–water partition coefficient (Wildman–Crippen LogP) is 4.17. The average Bonchev–Trinajstić information content (AvgIpc) is 2.46. The summed E-state index contributed by atoms with van der Waals surface area (Å²) in [4.78, 5) is 0. The number of anilines is 1. The van der Waals surface area contributed by atoms with E-state index >= 15 is 0 Å². The Morgan fingerprint density at radius 3 is 2.20 bits per heavy atom. The van der Waals surface area contributed by atoms with Gasteiger partial charge in [-0.1, -0.05) is 42.5 Å². The van der Waals surface area contributed by atoms with Crippen molar-refractivity contribution >= 4 is 14.9 Å². The first-order chi connectivity index (χ1) is 9.65. The van der Waals surface area contributed by atoms with E-state index in [1.807, 2.05) is 6.07 Å². The van der Waals surface area contributed by atoms with Gasteiger partial charge in [-0.05, 0) is 37.1 Å². The highest BCUT2D eigenvalue weighted by atomic mass is 31.0. The maximum absolute atomic E-state index is 3.52. The van der Waals surface area contributed by atoms with Gasteiger partial charge in [0.1, 0.15) is 0 Å². The second-order valence-corrected chi connectivity index (χ2v) is 5.93. The predicted molar refractivity (Wildman–Crippen MR) is 90.9 cm³/mol. The van der Waals surface area contributed by atoms with Crippen molar-refractivity contribution in [2.24, 2.45) is 0 Å². The molecule has 0 radical (unpaired) electrons. The standard InChI is InChI=1S/C17H23N2P/c1-13(2)19-16-10-8-15(9-11-16)17(20)18-12-14-6-4-3-5-7-14/h3-11,13,17-19H,12,20H2,1-2H3. The number of benzene rings is 2. The van der Waals surface area contributed by atoms with Crippen LogP contribution in [0.15, 0.2) is 54.6 Å². The van der Waals surface area contributed by atoms with Gasteiger partial charge in [-0.3, -0.25) is 0 Å². The summed E-state index contributed by atoms with van der Waals surface area (Å²) in [5.74, 6) is 0.267. The van der Waals surface area contributed by atoms with Crippen LogP contribution < -0.4 is 10.6 Å². The van der Waals surface area contributed by atoms with Crippen molar-refractivity contribution in [2.45, 2.75) is 32.2 Å². The van der Waals surface area contributed by atoms with Gasteiger partial charge in [0.2, 0.25) is 0 Å². The third-order valence-corrected chi connectivity index (χ3v) is 3.71. The lowest BCUT2D eigenvalue weighted by molar-refractivity contribution is 0.678. The molecule has 2 unspecified atom stereocenters. The molecule has 2 aromatic rings. The second kappa shape index (κ2) is 7.42. The summed E-state index contributed by atoms with van der Waals surface area (Å²) in [6, 6.07) is 19.5. The molecular formula is C17H23N2P. The van der Waals surface area contributed by atoms with Gasteiger partial charge in [-0.25, -0.2) is 0 Å². The SMILES string of the molecule is CC(C)Nc1ccc(C(P)NCc2ccccc2)cc1. The molecular weight excluding hydrogens is 263 g/mol. The van der Waals surface area contributed by atoms with Crippen molar-refractivity contribution in [3.05, 3.63) is 65.7 Å². The Morgan fingerprint density at radius 1 is 0.950 bits per heavy atom. The van der Waals surface area contributed by atoms with Gasteiger partial charge in [-0.2, -0.15) is 0 Å². The highest BCUT2D eigenvalue weighted by Crippen LogP contribution is 2.22. The minimum absolute atomic E-state index is 0.267. The van der Waals surface area contributed by atoms with E-state index in [-0.39, 0.29) is 5.78 Å². The van der Waals surface area contributed by atoms with Gasteiger partial charge in [0.15, 0.2) is 0 Å². The number of rotatable bonds is 6. The fourth-order valence-corrected chi connectivity index (χ4v) is 2.40. The molecule has 0 bridgehead atoms. The van der Waals surface area contributed by atoms with Crippen LogP contribution >= 0.6 is 9.24 Å². The molecule has 0 heterocycles. The Kier molecular flexibility index (Phi) is 5.58. The van der Waals surface area contributed by atoms with Crippen molar-refractivity contribution in [3.8, 4) is 0 Å². The number of hydrogen-bond acceptors (Lipinski definition) is 2. The average molecular weight is 286 g/mol. The number of hydrogen-bond donors (Lipinski definition) is 2. The molecule has 0 saturated heterocycles. The lowest BCUT2D eigenvalue weighted by atomic mass is 10.1. The minimum atomic E-state index is 0.267. The molecule has 0 amide bonds. The van der Waals surface area contributed by atoms with Gasteiger partial charge in [0.05, 0.1) is 0 Å². The summed E-state index contributed by atoms with van der Waals surface area (Å²) in [7, 11) is 2.86. The molecule has 0 saturated carbocycles. The van der Waals surface area contributed by atoms with E-state index in [0.29, 0.717) is 6.04 Å².